The number of rotatable bonds is 2. The number of methoxy groups -OCH3 is 1. The molecule has 2 rings (SSSR count). The quantitative estimate of drug-likeness (QED) is 0.740. The standard InChI is InChI=1S/C14H13NO2/c1-10-8-12(14(16)17-2)9-15-13(10)11-6-4-3-5-7-11/h3-9H,1-2H3. The molecule has 1 aromatic heterocycles. The second kappa shape index (κ2) is 4.78. The molecule has 0 amide bonds. The van der Waals surface area contributed by atoms with Gasteiger partial charge in [-0.1, -0.05) is 30.3 Å². The molecule has 0 fully saturated rings. The minimum atomic E-state index is -0.361. The van der Waals surface area contributed by atoms with Crippen LogP contribution in [0.15, 0.2) is 42.6 Å². The lowest BCUT2D eigenvalue weighted by atomic mass is 10.1. The van der Waals surface area contributed by atoms with Crippen LogP contribution in [0.5, 0.6) is 0 Å². The van der Waals surface area contributed by atoms with Crippen LogP contribution in [0.1, 0.15) is 15.9 Å². The molecular formula is C14H13NO2. The average Bonchev–Trinajstić information content (AvgIpc) is 2.38. The fourth-order valence-electron chi connectivity index (χ4n) is 1.70. The van der Waals surface area contributed by atoms with Gasteiger partial charge < -0.3 is 4.74 Å². The Kier molecular flexibility index (Phi) is 3.19. The SMILES string of the molecule is COC(=O)c1cnc(-c2ccccc2)c(C)c1. The first-order valence-corrected chi connectivity index (χ1v) is 5.33. The molecular weight excluding hydrogens is 214 g/mol. The van der Waals surface area contributed by atoms with Crippen LogP contribution >= 0.6 is 0 Å². The second-order valence-electron chi connectivity index (χ2n) is 3.75. The molecule has 0 aliphatic heterocycles. The van der Waals surface area contributed by atoms with Crippen LogP contribution in [0, 0.1) is 6.92 Å². The Labute approximate surface area is 100 Å². The van der Waals surface area contributed by atoms with E-state index < -0.39 is 0 Å². The maximum Gasteiger partial charge on any atom is 0.339 e. The van der Waals surface area contributed by atoms with Crippen LogP contribution in [0.4, 0.5) is 0 Å². The number of aromatic nitrogens is 1. The molecule has 0 radical (unpaired) electrons. The van der Waals surface area contributed by atoms with E-state index in [4.69, 9.17) is 0 Å². The average molecular weight is 227 g/mol. The third kappa shape index (κ3) is 2.33. The van der Waals surface area contributed by atoms with Gasteiger partial charge in [-0.25, -0.2) is 4.79 Å². The van der Waals surface area contributed by atoms with Crippen molar-refractivity contribution in [1.82, 2.24) is 4.98 Å². The minimum absolute atomic E-state index is 0.361. The molecule has 0 unspecified atom stereocenters. The van der Waals surface area contributed by atoms with Crippen LogP contribution in [0.2, 0.25) is 0 Å². The van der Waals surface area contributed by atoms with Crippen LogP contribution in [0.25, 0.3) is 11.3 Å². The van der Waals surface area contributed by atoms with E-state index in [-0.39, 0.29) is 5.97 Å². The summed E-state index contributed by atoms with van der Waals surface area (Å²) in [5.74, 6) is -0.361. The van der Waals surface area contributed by atoms with E-state index in [2.05, 4.69) is 9.72 Å². The fraction of sp³-hybridized carbons (Fsp3) is 0.143. The van der Waals surface area contributed by atoms with Crippen molar-refractivity contribution < 1.29 is 9.53 Å². The van der Waals surface area contributed by atoms with E-state index in [0.29, 0.717) is 5.56 Å². The largest absolute Gasteiger partial charge is 0.465 e. The molecule has 86 valence electrons. The van der Waals surface area contributed by atoms with Gasteiger partial charge in [0.05, 0.1) is 18.4 Å². The highest BCUT2D eigenvalue weighted by Gasteiger charge is 2.09. The van der Waals surface area contributed by atoms with Gasteiger partial charge in [0, 0.05) is 11.8 Å². The van der Waals surface area contributed by atoms with Crippen molar-refractivity contribution in [3.8, 4) is 11.3 Å². The zero-order valence-electron chi connectivity index (χ0n) is 9.81. The summed E-state index contributed by atoms with van der Waals surface area (Å²) in [5.41, 5.74) is 3.36. The van der Waals surface area contributed by atoms with E-state index in [1.54, 1.807) is 12.3 Å². The van der Waals surface area contributed by atoms with Crippen molar-refractivity contribution in [3.05, 3.63) is 53.7 Å². The number of pyridine rings is 1. The molecule has 0 atom stereocenters. The van der Waals surface area contributed by atoms with Crippen LogP contribution in [-0.2, 0) is 4.74 Å². The van der Waals surface area contributed by atoms with Gasteiger partial charge in [-0.2, -0.15) is 0 Å². The van der Waals surface area contributed by atoms with E-state index >= 15 is 0 Å². The predicted octanol–water partition coefficient (Wildman–Crippen LogP) is 2.84. The van der Waals surface area contributed by atoms with Crippen LogP contribution in [0.3, 0.4) is 0 Å². The Morgan fingerprint density at radius 1 is 1.24 bits per heavy atom. The molecule has 0 aliphatic carbocycles. The summed E-state index contributed by atoms with van der Waals surface area (Å²) in [6, 6.07) is 11.7. The van der Waals surface area contributed by atoms with Gasteiger partial charge in [0.15, 0.2) is 0 Å². The number of hydrogen-bond acceptors (Lipinski definition) is 3. The van der Waals surface area contributed by atoms with E-state index in [9.17, 15) is 4.79 Å². The van der Waals surface area contributed by atoms with Crippen molar-refractivity contribution in [2.24, 2.45) is 0 Å². The maximum absolute atomic E-state index is 11.4. The highest BCUT2D eigenvalue weighted by Crippen LogP contribution is 2.21. The third-order valence-corrected chi connectivity index (χ3v) is 2.55. The number of benzene rings is 1. The molecule has 0 spiro atoms. The van der Waals surface area contributed by atoms with Gasteiger partial charge in [0.25, 0.3) is 0 Å². The summed E-state index contributed by atoms with van der Waals surface area (Å²) in [4.78, 5) is 15.7. The summed E-state index contributed by atoms with van der Waals surface area (Å²) in [5, 5.41) is 0. The number of carbonyl (C=O) groups excluding carboxylic acids is 1. The third-order valence-electron chi connectivity index (χ3n) is 2.55. The van der Waals surface area contributed by atoms with Crippen molar-refractivity contribution in [3.63, 3.8) is 0 Å². The molecule has 3 nitrogen and oxygen atoms in total. The van der Waals surface area contributed by atoms with Gasteiger partial charge in [-0.3, -0.25) is 4.98 Å². The van der Waals surface area contributed by atoms with Crippen molar-refractivity contribution in [2.45, 2.75) is 6.92 Å². The summed E-state index contributed by atoms with van der Waals surface area (Å²) >= 11 is 0. The van der Waals surface area contributed by atoms with E-state index in [1.165, 1.54) is 7.11 Å². The first kappa shape index (κ1) is 11.3. The Morgan fingerprint density at radius 3 is 2.53 bits per heavy atom. The summed E-state index contributed by atoms with van der Waals surface area (Å²) in [6.45, 7) is 1.93. The highest BCUT2D eigenvalue weighted by molar-refractivity contribution is 5.89. The molecule has 1 heterocycles. The first-order valence-electron chi connectivity index (χ1n) is 5.33. The van der Waals surface area contributed by atoms with Crippen molar-refractivity contribution in [2.75, 3.05) is 7.11 Å². The highest BCUT2D eigenvalue weighted by atomic mass is 16.5. The summed E-state index contributed by atoms with van der Waals surface area (Å²) in [6.07, 6.45) is 1.54. The number of ether oxygens (including phenoxy) is 1. The molecule has 0 saturated carbocycles. The van der Waals surface area contributed by atoms with Gasteiger partial charge in [0.1, 0.15) is 0 Å². The van der Waals surface area contributed by atoms with Gasteiger partial charge in [0.2, 0.25) is 0 Å². The Hall–Kier alpha value is -2.16. The lowest BCUT2D eigenvalue weighted by Crippen LogP contribution is -2.03. The number of hydrogen-bond donors (Lipinski definition) is 0. The number of carbonyl (C=O) groups is 1. The van der Waals surface area contributed by atoms with E-state index in [1.807, 2.05) is 37.3 Å². The van der Waals surface area contributed by atoms with Crippen LogP contribution < -0.4 is 0 Å². The minimum Gasteiger partial charge on any atom is -0.465 e. The van der Waals surface area contributed by atoms with Gasteiger partial charge >= 0.3 is 5.97 Å². The molecule has 1 aromatic carbocycles. The van der Waals surface area contributed by atoms with E-state index in [0.717, 1.165) is 16.8 Å². The first-order chi connectivity index (χ1) is 8.22. The molecule has 0 saturated heterocycles. The number of aryl methyl sites for hydroxylation is 1. The molecule has 3 heteroatoms. The van der Waals surface area contributed by atoms with Gasteiger partial charge in [-0.05, 0) is 18.6 Å². The lowest BCUT2D eigenvalue weighted by Gasteiger charge is -2.06. The number of esters is 1. The number of nitrogens with zero attached hydrogens (tertiary/aromatic N) is 1. The fourth-order valence-corrected chi connectivity index (χ4v) is 1.70. The summed E-state index contributed by atoms with van der Waals surface area (Å²) in [7, 11) is 1.36. The molecule has 2 aromatic rings. The predicted molar refractivity (Wildman–Crippen MR) is 65.7 cm³/mol. The Bertz CT molecular complexity index is 535. The van der Waals surface area contributed by atoms with Crippen molar-refractivity contribution >= 4 is 5.97 Å². The van der Waals surface area contributed by atoms with Crippen LogP contribution in [-0.4, -0.2) is 18.1 Å². The summed E-state index contributed by atoms with van der Waals surface area (Å²) < 4.78 is 4.66. The lowest BCUT2D eigenvalue weighted by molar-refractivity contribution is 0.0600. The monoisotopic (exact) mass is 227 g/mol. The second-order valence-corrected chi connectivity index (χ2v) is 3.75. The molecule has 17 heavy (non-hydrogen) atoms. The molecule has 0 bridgehead atoms. The van der Waals surface area contributed by atoms with Crippen molar-refractivity contribution in [1.29, 1.82) is 0 Å². The smallest absolute Gasteiger partial charge is 0.339 e. The van der Waals surface area contributed by atoms with Gasteiger partial charge in [-0.15, -0.1) is 0 Å². The Balaban J connectivity index is 2.42. The Morgan fingerprint density at radius 2 is 1.94 bits per heavy atom. The molecule has 0 aliphatic rings. The zero-order valence-corrected chi connectivity index (χ0v) is 9.81. The molecule has 0 N–H and O–H groups in total. The topological polar surface area (TPSA) is 39.2 Å². The zero-order chi connectivity index (χ0) is 12.3. The normalized spacial score (nSPS) is 10.0. The maximum atomic E-state index is 11.4.